The highest BCUT2D eigenvalue weighted by molar-refractivity contribution is 5.49. The summed E-state index contributed by atoms with van der Waals surface area (Å²) in [6.45, 7) is 4.55. The standard InChI is InChI=1S/C11H15N3O3/c1-7-5-9(14(15)16)6-12-11(7)13-10-3-4-17-8(10)2/h5-6,8,10H,3-4H2,1-2H3,(H,12,13). The normalized spacial score (nSPS) is 23.6. The first-order chi connectivity index (χ1) is 8.08. The van der Waals surface area contributed by atoms with E-state index in [1.807, 2.05) is 13.8 Å². The number of hydrogen-bond donors (Lipinski definition) is 1. The van der Waals surface area contributed by atoms with Gasteiger partial charge >= 0.3 is 0 Å². The lowest BCUT2D eigenvalue weighted by Crippen LogP contribution is -2.27. The van der Waals surface area contributed by atoms with Gasteiger partial charge in [0.2, 0.25) is 0 Å². The molecule has 1 aliphatic heterocycles. The van der Waals surface area contributed by atoms with Crippen molar-refractivity contribution in [3.63, 3.8) is 0 Å². The third kappa shape index (κ3) is 2.52. The van der Waals surface area contributed by atoms with Gasteiger partial charge in [-0.15, -0.1) is 0 Å². The fourth-order valence-electron chi connectivity index (χ4n) is 1.91. The van der Waals surface area contributed by atoms with Crippen LogP contribution in [-0.4, -0.2) is 28.7 Å². The van der Waals surface area contributed by atoms with E-state index in [-0.39, 0.29) is 17.8 Å². The molecule has 0 amide bonds. The molecule has 1 aromatic heterocycles. The predicted molar refractivity (Wildman–Crippen MR) is 63.1 cm³/mol. The fraction of sp³-hybridized carbons (Fsp3) is 0.545. The fourth-order valence-corrected chi connectivity index (χ4v) is 1.91. The van der Waals surface area contributed by atoms with E-state index in [1.165, 1.54) is 12.3 Å². The van der Waals surface area contributed by atoms with Crippen molar-refractivity contribution in [1.82, 2.24) is 4.98 Å². The molecule has 0 spiro atoms. The van der Waals surface area contributed by atoms with Crippen LogP contribution in [-0.2, 0) is 4.74 Å². The van der Waals surface area contributed by atoms with Gasteiger partial charge in [0.15, 0.2) is 0 Å². The summed E-state index contributed by atoms with van der Waals surface area (Å²) in [6.07, 6.45) is 2.35. The third-order valence-corrected chi connectivity index (χ3v) is 2.97. The molecule has 0 aromatic carbocycles. The minimum atomic E-state index is -0.439. The lowest BCUT2D eigenvalue weighted by Gasteiger charge is -2.17. The summed E-state index contributed by atoms with van der Waals surface area (Å²) in [5, 5.41) is 13.9. The molecule has 92 valence electrons. The van der Waals surface area contributed by atoms with Crippen LogP contribution in [0.25, 0.3) is 0 Å². The van der Waals surface area contributed by atoms with Crippen LogP contribution in [0.4, 0.5) is 11.5 Å². The van der Waals surface area contributed by atoms with Crippen molar-refractivity contribution in [2.45, 2.75) is 32.4 Å². The molecule has 2 rings (SSSR count). The Morgan fingerprint density at radius 3 is 2.94 bits per heavy atom. The molecule has 1 N–H and O–H groups in total. The second-order valence-corrected chi connectivity index (χ2v) is 4.23. The molecule has 1 fully saturated rings. The maximum absolute atomic E-state index is 10.6. The number of rotatable bonds is 3. The zero-order valence-corrected chi connectivity index (χ0v) is 9.84. The molecule has 1 saturated heterocycles. The van der Waals surface area contributed by atoms with Gasteiger partial charge in [0.25, 0.3) is 5.69 Å². The van der Waals surface area contributed by atoms with E-state index in [1.54, 1.807) is 0 Å². The van der Waals surface area contributed by atoms with Crippen LogP contribution < -0.4 is 5.32 Å². The number of aryl methyl sites for hydroxylation is 1. The quantitative estimate of drug-likeness (QED) is 0.641. The van der Waals surface area contributed by atoms with Crippen molar-refractivity contribution in [2.24, 2.45) is 0 Å². The molecule has 6 heteroatoms. The van der Waals surface area contributed by atoms with Crippen molar-refractivity contribution in [3.05, 3.63) is 27.9 Å². The molecule has 17 heavy (non-hydrogen) atoms. The number of hydrogen-bond acceptors (Lipinski definition) is 5. The number of pyridine rings is 1. The Hall–Kier alpha value is -1.69. The lowest BCUT2D eigenvalue weighted by molar-refractivity contribution is -0.385. The number of aromatic nitrogens is 1. The highest BCUT2D eigenvalue weighted by Gasteiger charge is 2.25. The van der Waals surface area contributed by atoms with Crippen LogP contribution >= 0.6 is 0 Å². The summed E-state index contributed by atoms with van der Waals surface area (Å²) in [5.41, 5.74) is 0.794. The average molecular weight is 237 g/mol. The Labute approximate surface area is 99.2 Å². The summed E-state index contributed by atoms with van der Waals surface area (Å²) in [4.78, 5) is 14.2. The van der Waals surface area contributed by atoms with Gasteiger partial charge in [-0.2, -0.15) is 0 Å². The van der Waals surface area contributed by atoms with Gasteiger partial charge in [-0.25, -0.2) is 4.98 Å². The minimum absolute atomic E-state index is 0.0174. The second-order valence-electron chi connectivity index (χ2n) is 4.23. The summed E-state index contributed by atoms with van der Waals surface area (Å²) >= 11 is 0. The highest BCUT2D eigenvalue weighted by Crippen LogP contribution is 2.22. The number of nitrogens with one attached hydrogen (secondary N) is 1. The SMILES string of the molecule is Cc1cc([N+](=O)[O-])cnc1NC1CCOC1C. The van der Waals surface area contributed by atoms with Gasteiger partial charge in [0, 0.05) is 12.7 Å². The van der Waals surface area contributed by atoms with Crippen molar-refractivity contribution < 1.29 is 9.66 Å². The number of nitrogens with zero attached hydrogens (tertiary/aromatic N) is 2. The van der Waals surface area contributed by atoms with Crippen molar-refractivity contribution >= 4 is 11.5 Å². The first-order valence-corrected chi connectivity index (χ1v) is 5.57. The minimum Gasteiger partial charge on any atom is -0.376 e. The van der Waals surface area contributed by atoms with E-state index in [9.17, 15) is 10.1 Å². The van der Waals surface area contributed by atoms with E-state index in [0.29, 0.717) is 5.82 Å². The first-order valence-electron chi connectivity index (χ1n) is 5.57. The molecule has 0 bridgehead atoms. The highest BCUT2D eigenvalue weighted by atomic mass is 16.6. The summed E-state index contributed by atoms with van der Waals surface area (Å²) < 4.78 is 5.44. The van der Waals surface area contributed by atoms with Crippen LogP contribution in [0.5, 0.6) is 0 Å². The maximum Gasteiger partial charge on any atom is 0.287 e. The molecule has 0 saturated carbocycles. The van der Waals surface area contributed by atoms with Crippen LogP contribution in [0, 0.1) is 17.0 Å². The first kappa shape index (κ1) is 11.8. The van der Waals surface area contributed by atoms with Gasteiger partial charge in [0.05, 0.1) is 17.1 Å². The third-order valence-electron chi connectivity index (χ3n) is 2.97. The van der Waals surface area contributed by atoms with Crippen LogP contribution in [0.2, 0.25) is 0 Å². The van der Waals surface area contributed by atoms with Gasteiger partial charge in [0.1, 0.15) is 12.0 Å². The van der Waals surface area contributed by atoms with Crippen LogP contribution in [0.15, 0.2) is 12.3 Å². The average Bonchev–Trinajstić information content (AvgIpc) is 2.67. The molecular formula is C11H15N3O3. The zero-order chi connectivity index (χ0) is 12.4. The van der Waals surface area contributed by atoms with Crippen LogP contribution in [0.1, 0.15) is 18.9 Å². The van der Waals surface area contributed by atoms with E-state index >= 15 is 0 Å². The zero-order valence-electron chi connectivity index (χ0n) is 9.84. The summed E-state index contributed by atoms with van der Waals surface area (Å²) in [6, 6.07) is 1.75. The number of nitro groups is 1. The Morgan fingerprint density at radius 1 is 1.65 bits per heavy atom. The van der Waals surface area contributed by atoms with Gasteiger partial charge in [-0.05, 0) is 25.8 Å². The Morgan fingerprint density at radius 2 is 2.41 bits per heavy atom. The molecule has 0 radical (unpaired) electrons. The maximum atomic E-state index is 10.6. The largest absolute Gasteiger partial charge is 0.376 e. The smallest absolute Gasteiger partial charge is 0.287 e. The predicted octanol–water partition coefficient (Wildman–Crippen LogP) is 1.89. The number of anilines is 1. The Kier molecular flexibility index (Phi) is 3.23. The molecular weight excluding hydrogens is 222 g/mol. The lowest BCUT2D eigenvalue weighted by atomic mass is 10.1. The van der Waals surface area contributed by atoms with E-state index in [0.717, 1.165) is 18.6 Å². The molecule has 6 nitrogen and oxygen atoms in total. The van der Waals surface area contributed by atoms with Gasteiger partial charge in [-0.1, -0.05) is 0 Å². The van der Waals surface area contributed by atoms with Gasteiger partial charge in [-0.3, -0.25) is 10.1 Å². The Balaban J connectivity index is 2.14. The van der Waals surface area contributed by atoms with Crippen molar-refractivity contribution in [3.8, 4) is 0 Å². The van der Waals surface area contributed by atoms with Crippen molar-refractivity contribution in [1.29, 1.82) is 0 Å². The molecule has 1 aliphatic rings. The van der Waals surface area contributed by atoms with E-state index in [2.05, 4.69) is 10.3 Å². The topological polar surface area (TPSA) is 77.3 Å². The molecule has 2 unspecified atom stereocenters. The summed E-state index contributed by atoms with van der Waals surface area (Å²) in [7, 11) is 0. The Bertz CT molecular complexity index is 436. The van der Waals surface area contributed by atoms with Gasteiger partial charge < -0.3 is 10.1 Å². The van der Waals surface area contributed by atoms with E-state index in [4.69, 9.17) is 4.74 Å². The number of ether oxygens (including phenoxy) is 1. The van der Waals surface area contributed by atoms with Crippen LogP contribution in [0.3, 0.4) is 0 Å². The monoisotopic (exact) mass is 237 g/mol. The summed E-state index contributed by atoms with van der Waals surface area (Å²) in [5.74, 6) is 0.693. The molecule has 0 aliphatic carbocycles. The van der Waals surface area contributed by atoms with E-state index < -0.39 is 4.92 Å². The molecule has 2 atom stereocenters. The van der Waals surface area contributed by atoms with Crippen molar-refractivity contribution in [2.75, 3.05) is 11.9 Å². The molecule has 1 aromatic rings. The second kappa shape index (κ2) is 4.67. The molecule has 2 heterocycles.